The second kappa shape index (κ2) is 7.94. The molecule has 132 valence electrons. The van der Waals surface area contributed by atoms with E-state index in [-0.39, 0.29) is 18.2 Å². The molecule has 2 N–H and O–H groups in total. The lowest BCUT2D eigenvalue weighted by atomic mass is 10.2. The van der Waals surface area contributed by atoms with E-state index in [1.165, 1.54) is 11.8 Å². The number of hydrogen-bond donors (Lipinski definition) is 2. The van der Waals surface area contributed by atoms with E-state index in [0.717, 1.165) is 26.1 Å². The third kappa shape index (κ3) is 4.45. The predicted molar refractivity (Wildman–Crippen MR) is 94.6 cm³/mol. The number of carbonyl (C=O) groups is 1. The molecule has 0 bridgehead atoms. The maximum Gasteiger partial charge on any atom is 0.345 e. The summed E-state index contributed by atoms with van der Waals surface area (Å²) in [6.07, 6.45) is 2.23. The number of carbonyl (C=O) groups excluding carboxylic acids is 1. The highest BCUT2D eigenvalue weighted by molar-refractivity contribution is 5.88. The molecule has 1 aromatic heterocycles. The second-order valence-electron chi connectivity index (χ2n) is 6.05. The van der Waals surface area contributed by atoms with Crippen molar-refractivity contribution in [1.29, 1.82) is 0 Å². The maximum atomic E-state index is 12.0. The first-order valence-corrected chi connectivity index (χ1v) is 8.45. The molecular weight excluding hydrogens is 320 g/mol. The van der Waals surface area contributed by atoms with Crippen LogP contribution in [0.4, 0.5) is 5.95 Å². The van der Waals surface area contributed by atoms with E-state index >= 15 is 0 Å². The average Bonchev–Trinajstić information content (AvgIpc) is 3.03. The Morgan fingerprint density at radius 1 is 1.40 bits per heavy atom. The number of H-pyrrole nitrogens is 1. The lowest BCUT2D eigenvalue weighted by molar-refractivity contribution is 0.0524. The lowest BCUT2D eigenvalue weighted by Crippen LogP contribution is -2.28. The molecule has 0 radical (unpaired) electrons. The molecule has 25 heavy (non-hydrogen) atoms. The molecule has 3 rings (SSSR count). The monoisotopic (exact) mass is 342 g/mol. The van der Waals surface area contributed by atoms with Gasteiger partial charge in [-0.25, -0.2) is 9.78 Å². The Bertz CT molecular complexity index is 775. The summed E-state index contributed by atoms with van der Waals surface area (Å²) in [6, 6.07) is 10.5. The van der Waals surface area contributed by atoms with E-state index in [2.05, 4.69) is 32.3 Å². The summed E-state index contributed by atoms with van der Waals surface area (Å²) < 4.78 is 4.83. The Kier molecular flexibility index (Phi) is 5.45. The number of rotatable bonds is 6. The van der Waals surface area contributed by atoms with Crippen LogP contribution in [0, 0.1) is 0 Å². The van der Waals surface area contributed by atoms with Crippen LogP contribution < -0.4 is 10.9 Å². The van der Waals surface area contributed by atoms with E-state index in [9.17, 15) is 9.59 Å². The zero-order valence-corrected chi connectivity index (χ0v) is 14.2. The minimum absolute atomic E-state index is 0.0791. The van der Waals surface area contributed by atoms with Crippen molar-refractivity contribution in [1.82, 2.24) is 14.9 Å². The molecule has 2 heterocycles. The molecule has 1 aromatic carbocycles. The molecule has 0 spiro atoms. The first kappa shape index (κ1) is 17.2. The van der Waals surface area contributed by atoms with Crippen molar-refractivity contribution in [3.8, 4) is 0 Å². The van der Waals surface area contributed by atoms with E-state index in [1.54, 1.807) is 6.92 Å². The van der Waals surface area contributed by atoms with Crippen LogP contribution >= 0.6 is 0 Å². The van der Waals surface area contributed by atoms with E-state index in [0.29, 0.717) is 5.95 Å². The Balaban J connectivity index is 1.57. The summed E-state index contributed by atoms with van der Waals surface area (Å²) in [5, 5.41) is 3.24. The van der Waals surface area contributed by atoms with Crippen molar-refractivity contribution in [3.63, 3.8) is 0 Å². The number of aromatic nitrogens is 2. The lowest BCUT2D eigenvalue weighted by Gasteiger charge is -2.17. The number of esters is 1. The molecule has 1 aliphatic heterocycles. The summed E-state index contributed by atoms with van der Waals surface area (Å²) in [5.74, 6) is -0.276. The highest BCUT2D eigenvalue weighted by Gasteiger charge is 2.23. The van der Waals surface area contributed by atoms with Gasteiger partial charge in [0.1, 0.15) is 5.56 Å². The molecule has 0 saturated carbocycles. The molecule has 2 aromatic rings. The van der Waals surface area contributed by atoms with E-state index < -0.39 is 11.5 Å². The molecule has 7 heteroatoms. The number of likely N-dealkylation sites (tertiary alicyclic amines) is 1. The van der Waals surface area contributed by atoms with Gasteiger partial charge in [0.15, 0.2) is 0 Å². The molecule has 1 fully saturated rings. The number of anilines is 1. The van der Waals surface area contributed by atoms with Gasteiger partial charge in [-0.15, -0.1) is 0 Å². The van der Waals surface area contributed by atoms with Gasteiger partial charge < -0.3 is 10.1 Å². The number of nitrogens with zero attached hydrogens (tertiary/aromatic N) is 2. The first-order chi connectivity index (χ1) is 12.2. The Morgan fingerprint density at radius 2 is 2.20 bits per heavy atom. The van der Waals surface area contributed by atoms with Gasteiger partial charge in [0, 0.05) is 25.7 Å². The van der Waals surface area contributed by atoms with Gasteiger partial charge in [0.25, 0.3) is 5.56 Å². The Hall–Kier alpha value is -2.67. The number of hydrogen-bond acceptors (Lipinski definition) is 6. The normalized spacial score (nSPS) is 17.4. The van der Waals surface area contributed by atoms with Gasteiger partial charge in [0.05, 0.1) is 12.8 Å². The maximum absolute atomic E-state index is 12.0. The van der Waals surface area contributed by atoms with Crippen molar-refractivity contribution in [2.75, 3.05) is 25.0 Å². The van der Waals surface area contributed by atoms with Crippen LogP contribution in [0.1, 0.15) is 29.3 Å². The van der Waals surface area contributed by atoms with E-state index in [1.807, 2.05) is 18.2 Å². The van der Waals surface area contributed by atoms with Gasteiger partial charge in [-0.3, -0.25) is 14.7 Å². The van der Waals surface area contributed by atoms with Crippen LogP contribution in [0.3, 0.4) is 0 Å². The fraction of sp³-hybridized carbons (Fsp3) is 0.389. The largest absolute Gasteiger partial charge is 0.462 e. The topological polar surface area (TPSA) is 87.3 Å². The fourth-order valence-electron chi connectivity index (χ4n) is 2.95. The molecule has 1 atom stereocenters. The van der Waals surface area contributed by atoms with Gasteiger partial charge in [-0.05, 0) is 18.9 Å². The van der Waals surface area contributed by atoms with Crippen molar-refractivity contribution in [2.24, 2.45) is 0 Å². The summed E-state index contributed by atoms with van der Waals surface area (Å²) >= 11 is 0. The molecule has 7 nitrogen and oxygen atoms in total. The van der Waals surface area contributed by atoms with Gasteiger partial charge in [-0.1, -0.05) is 30.3 Å². The summed E-state index contributed by atoms with van der Waals surface area (Å²) in [7, 11) is 0. The van der Waals surface area contributed by atoms with Crippen LogP contribution in [0.15, 0.2) is 41.3 Å². The SMILES string of the molecule is CCOC(=O)c1cnc(NC2CCN(Cc3ccccc3)C2)[nH]c1=O. The van der Waals surface area contributed by atoms with Crippen LogP contribution in [0.2, 0.25) is 0 Å². The van der Waals surface area contributed by atoms with Crippen molar-refractivity contribution in [3.05, 3.63) is 58.0 Å². The fourth-order valence-corrected chi connectivity index (χ4v) is 2.95. The number of aromatic amines is 1. The molecule has 1 aliphatic rings. The van der Waals surface area contributed by atoms with E-state index in [4.69, 9.17) is 4.74 Å². The molecular formula is C18H22N4O3. The smallest absolute Gasteiger partial charge is 0.345 e. The highest BCUT2D eigenvalue weighted by Crippen LogP contribution is 2.15. The average molecular weight is 342 g/mol. The number of ether oxygens (including phenoxy) is 1. The second-order valence-corrected chi connectivity index (χ2v) is 6.05. The predicted octanol–water partition coefficient (Wildman–Crippen LogP) is 1.63. The minimum Gasteiger partial charge on any atom is -0.462 e. The van der Waals surface area contributed by atoms with Crippen LogP contribution in [-0.2, 0) is 11.3 Å². The zero-order valence-electron chi connectivity index (χ0n) is 14.2. The molecule has 0 amide bonds. The van der Waals surface area contributed by atoms with Crippen molar-refractivity contribution >= 4 is 11.9 Å². The van der Waals surface area contributed by atoms with Gasteiger partial charge >= 0.3 is 5.97 Å². The Morgan fingerprint density at radius 3 is 2.92 bits per heavy atom. The van der Waals surface area contributed by atoms with Crippen molar-refractivity contribution in [2.45, 2.75) is 25.9 Å². The van der Waals surface area contributed by atoms with Gasteiger partial charge in [0.2, 0.25) is 5.95 Å². The summed E-state index contributed by atoms with van der Waals surface area (Å²) in [6.45, 7) is 4.68. The van der Waals surface area contributed by atoms with Crippen molar-refractivity contribution < 1.29 is 9.53 Å². The van der Waals surface area contributed by atoms with Crippen LogP contribution in [0.25, 0.3) is 0 Å². The summed E-state index contributed by atoms with van der Waals surface area (Å²) in [5.41, 5.74) is 0.716. The first-order valence-electron chi connectivity index (χ1n) is 8.45. The quantitative estimate of drug-likeness (QED) is 0.776. The summed E-state index contributed by atoms with van der Waals surface area (Å²) in [4.78, 5) is 32.7. The highest BCUT2D eigenvalue weighted by atomic mass is 16.5. The number of nitrogens with one attached hydrogen (secondary N) is 2. The molecule has 1 saturated heterocycles. The van der Waals surface area contributed by atoms with Gasteiger partial charge in [-0.2, -0.15) is 0 Å². The molecule has 0 aliphatic carbocycles. The van der Waals surface area contributed by atoms with Crippen LogP contribution in [0.5, 0.6) is 0 Å². The number of benzene rings is 1. The third-order valence-corrected chi connectivity index (χ3v) is 4.16. The molecule has 1 unspecified atom stereocenters. The standard InChI is InChI=1S/C18H22N4O3/c1-2-25-17(24)15-10-19-18(21-16(15)23)20-14-8-9-22(12-14)11-13-6-4-3-5-7-13/h3-7,10,14H,2,8-9,11-12H2,1H3,(H2,19,20,21,23). The third-order valence-electron chi connectivity index (χ3n) is 4.16. The van der Waals surface area contributed by atoms with Crippen LogP contribution in [-0.4, -0.2) is 46.6 Å². The zero-order chi connectivity index (χ0) is 17.6. The Labute approximate surface area is 146 Å². The minimum atomic E-state index is -0.655.